The number of thioether (sulfide) groups is 1. The predicted molar refractivity (Wildman–Crippen MR) is 58.7 cm³/mol. The van der Waals surface area contributed by atoms with Crippen LogP contribution in [0.2, 0.25) is 0 Å². The maximum atomic E-state index is 10.9. The normalized spacial score (nSPS) is 9.73. The fourth-order valence-electron chi connectivity index (χ4n) is 0.837. The second-order valence-corrected chi connectivity index (χ2v) is 3.56. The topological polar surface area (TPSA) is 90.1 Å². The fourth-order valence-corrected chi connectivity index (χ4v) is 1.57. The Kier molecular flexibility index (Phi) is 4.17. The van der Waals surface area contributed by atoms with E-state index in [1.807, 2.05) is 0 Å². The molecular weight excluding hydrogens is 216 g/mol. The number of ether oxygens (including phenoxy) is 1. The minimum Gasteiger partial charge on any atom is -0.468 e. The molecule has 6 nitrogen and oxygen atoms in total. The molecule has 0 aliphatic rings. The lowest BCUT2D eigenvalue weighted by atomic mass is 10.6. The van der Waals surface area contributed by atoms with E-state index >= 15 is 0 Å². The third kappa shape index (κ3) is 3.62. The number of anilines is 2. The third-order valence-corrected chi connectivity index (χ3v) is 2.43. The van der Waals surface area contributed by atoms with E-state index < -0.39 is 0 Å². The highest BCUT2D eigenvalue weighted by molar-refractivity contribution is 7.99. The van der Waals surface area contributed by atoms with Crippen molar-refractivity contribution < 1.29 is 9.53 Å². The van der Waals surface area contributed by atoms with Crippen LogP contribution >= 0.6 is 11.8 Å². The zero-order chi connectivity index (χ0) is 11.3. The van der Waals surface area contributed by atoms with Gasteiger partial charge in [0.15, 0.2) is 0 Å². The van der Waals surface area contributed by atoms with Crippen LogP contribution < -0.4 is 11.1 Å². The van der Waals surface area contributed by atoms with Gasteiger partial charge in [0.1, 0.15) is 10.8 Å². The number of esters is 1. The molecule has 0 amide bonds. The average Bonchev–Trinajstić information content (AvgIpc) is 2.25. The van der Waals surface area contributed by atoms with Crippen molar-refractivity contribution in [1.82, 2.24) is 9.97 Å². The van der Waals surface area contributed by atoms with Gasteiger partial charge in [0, 0.05) is 13.1 Å². The van der Waals surface area contributed by atoms with E-state index in [4.69, 9.17) is 5.73 Å². The van der Waals surface area contributed by atoms with Gasteiger partial charge in [-0.3, -0.25) is 4.79 Å². The first-order valence-corrected chi connectivity index (χ1v) is 5.16. The smallest absolute Gasteiger partial charge is 0.316 e. The summed E-state index contributed by atoms with van der Waals surface area (Å²) in [6.45, 7) is 0. The number of methoxy groups -OCH3 is 1. The lowest BCUT2D eigenvalue weighted by Gasteiger charge is -2.04. The summed E-state index contributed by atoms with van der Waals surface area (Å²) in [5.41, 5.74) is 5.48. The summed E-state index contributed by atoms with van der Waals surface area (Å²) in [5, 5.41) is 3.49. The monoisotopic (exact) mass is 228 g/mol. The van der Waals surface area contributed by atoms with Gasteiger partial charge in [0.05, 0.1) is 12.9 Å². The summed E-state index contributed by atoms with van der Waals surface area (Å²) in [6, 6.07) is 1.71. The minimum atomic E-state index is -0.303. The SMILES string of the molecule is CNc1cc(SCC(=O)OC)nc(N)n1. The lowest BCUT2D eigenvalue weighted by Crippen LogP contribution is -2.05. The van der Waals surface area contributed by atoms with Gasteiger partial charge < -0.3 is 15.8 Å². The molecule has 0 aliphatic carbocycles. The zero-order valence-electron chi connectivity index (χ0n) is 8.48. The molecule has 0 saturated heterocycles. The maximum Gasteiger partial charge on any atom is 0.316 e. The maximum absolute atomic E-state index is 10.9. The second-order valence-electron chi connectivity index (χ2n) is 2.56. The molecular formula is C8H12N4O2S. The van der Waals surface area contributed by atoms with Crippen molar-refractivity contribution in [3.63, 3.8) is 0 Å². The second kappa shape index (κ2) is 5.40. The van der Waals surface area contributed by atoms with Crippen LogP contribution in [-0.2, 0) is 9.53 Å². The minimum absolute atomic E-state index is 0.175. The first kappa shape index (κ1) is 11.6. The molecule has 0 spiro atoms. The fraction of sp³-hybridized carbons (Fsp3) is 0.375. The molecule has 0 fully saturated rings. The molecule has 0 atom stereocenters. The number of aromatic nitrogens is 2. The third-order valence-electron chi connectivity index (χ3n) is 1.54. The Labute approximate surface area is 91.6 Å². The van der Waals surface area contributed by atoms with E-state index in [9.17, 15) is 4.79 Å². The number of hydrogen-bond acceptors (Lipinski definition) is 7. The molecule has 7 heteroatoms. The Morgan fingerprint density at radius 2 is 2.40 bits per heavy atom. The zero-order valence-corrected chi connectivity index (χ0v) is 9.30. The van der Waals surface area contributed by atoms with Crippen molar-refractivity contribution in [2.24, 2.45) is 0 Å². The van der Waals surface area contributed by atoms with Gasteiger partial charge in [-0.25, -0.2) is 4.98 Å². The van der Waals surface area contributed by atoms with Gasteiger partial charge in [-0.2, -0.15) is 4.98 Å². The van der Waals surface area contributed by atoms with E-state index in [0.29, 0.717) is 10.8 Å². The van der Waals surface area contributed by atoms with Crippen molar-refractivity contribution in [2.75, 3.05) is 31.0 Å². The highest BCUT2D eigenvalue weighted by atomic mass is 32.2. The Morgan fingerprint density at radius 1 is 1.67 bits per heavy atom. The van der Waals surface area contributed by atoms with Crippen LogP contribution in [0.5, 0.6) is 0 Å². The van der Waals surface area contributed by atoms with Crippen molar-refractivity contribution in [3.05, 3.63) is 6.07 Å². The van der Waals surface area contributed by atoms with Gasteiger partial charge in [0.25, 0.3) is 0 Å². The van der Waals surface area contributed by atoms with Crippen LogP contribution in [0, 0.1) is 0 Å². The molecule has 15 heavy (non-hydrogen) atoms. The lowest BCUT2D eigenvalue weighted by molar-refractivity contribution is -0.137. The molecule has 0 unspecified atom stereocenters. The van der Waals surface area contributed by atoms with Crippen LogP contribution in [0.4, 0.5) is 11.8 Å². The molecule has 3 N–H and O–H groups in total. The van der Waals surface area contributed by atoms with Crippen LogP contribution in [0.1, 0.15) is 0 Å². The number of nitrogens with zero attached hydrogens (tertiary/aromatic N) is 2. The molecule has 0 radical (unpaired) electrons. The Balaban J connectivity index is 2.68. The number of nitrogens with two attached hydrogens (primary N) is 1. The van der Waals surface area contributed by atoms with E-state index in [-0.39, 0.29) is 17.7 Å². The molecule has 82 valence electrons. The van der Waals surface area contributed by atoms with Crippen molar-refractivity contribution in [2.45, 2.75) is 5.03 Å². The summed E-state index contributed by atoms with van der Waals surface area (Å²) in [6.07, 6.45) is 0. The number of rotatable bonds is 4. The number of nitrogen functional groups attached to an aromatic ring is 1. The highest BCUT2D eigenvalue weighted by Gasteiger charge is 2.05. The van der Waals surface area contributed by atoms with E-state index in [1.165, 1.54) is 18.9 Å². The first-order valence-electron chi connectivity index (χ1n) is 4.17. The van der Waals surface area contributed by atoms with E-state index in [0.717, 1.165) is 0 Å². The molecule has 1 aromatic rings. The number of carbonyl (C=O) groups is 1. The van der Waals surface area contributed by atoms with Gasteiger partial charge in [-0.05, 0) is 0 Å². The van der Waals surface area contributed by atoms with Gasteiger partial charge >= 0.3 is 5.97 Å². The van der Waals surface area contributed by atoms with Crippen molar-refractivity contribution in [3.8, 4) is 0 Å². The summed E-state index contributed by atoms with van der Waals surface area (Å²) in [7, 11) is 3.08. The molecule has 0 saturated carbocycles. The quantitative estimate of drug-likeness (QED) is 0.437. The molecule has 0 aliphatic heterocycles. The predicted octanol–water partition coefficient (Wildman–Crippen LogP) is 0.366. The summed E-state index contributed by atoms with van der Waals surface area (Å²) < 4.78 is 4.51. The standard InChI is InChI=1S/C8H12N4O2S/c1-10-5-3-6(12-8(9)11-5)15-4-7(13)14-2/h3H,4H2,1-2H3,(H3,9,10,11,12). The average molecular weight is 228 g/mol. The van der Waals surface area contributed by atoms with Crippen molar-refractivity contribution >= 4 is 29.5 Å². The van der Waals surface area contributed by atoms with Gasteiger partial charge in [-0.1, -0.05) is 11.8 Å². The molecule has 1 heterocycles. The first-order chi connectivity index (χ1) is 7.15. The van der Waals surface area contributed by atoms with Crippen molar-refractivity contribution in [1.29, 1.82) is 0 Å². The molecule has 0 aromatic carbocycles. The number of nitrogens with one attached hydrogen (secondary N) is 1. The highest BCUT2D eigenvalue weighted by Crippen LogP contribution is 2.19. The van der Waals surface area contributed by atoms with Gasteiger partial charge in [-0.15, -0.1) is 0 Å². The van der Waals surface area contributed by atoms with Crippen LogP contribution in [0.25, 0.3) is 0 Å². The summed E-state index contributed by atoms with van der Waals surface area (Å²) in [5.74, 6) is 0.697. The largest absolute Gasteiger partial charge is 0.468 e. The molecule has 1 aromatic heterocycles. The van der Waals surface area contributed by atoms with Gasteiger partial charge in [0.2, 0.25) is 5.95 Å². The summed E-state index contributed by atoms with van der Waals surface area (Å²) in [4.78, 5) is 18.8. The number of hydrogen-bond donors (Lipinski definition) is 2. The summed E-state index contributed by atoms with van der Waals surface area (Å²) >= 11 is 1.25. The van der Waals surface area contributed by atoms with E-state index in [1.54, 1.807) is 13.1 Å². The van der Waals surface area contributed by atoms with Crippen LogP contribution in [-0.4, -0.2) is 35.8 Å². The van der Waals surface area contributed by atoms with Crippen LogP contribution in [0.3, 0.4) is 0 Å². The van der Waals surface area contributed by atoms with E-state index in [2.05, 4.69) is 20.0 Å². The van der Waals surface area contributed by atoms with Crippen LogP contribution in [0.15, 0.2) is 11.1 Å². The number of carbonyl (C=O) groups excluding carboxylic acids is 1. The molecule has 1 rings (SSSR count). The Morgan fingerprint density at radius 3 is 3.00 bits per heavy atom. The Bertz CT molecular complexity index is 358. The molecule has 0 bridgehead atoms. The Hall–Kier alpha value is -1.50.